The molecule has 2 rings (SSSR count). The van der Waals surface area contributed by atoms with Crippen molar-refractivity contribution in [1.82, 2.24) is 0 Å². The first-order chi connectivity index (χ1) is 10.9. The molecule has 0 spiro atoms. The maximum atomic E-state index is 13.6. The van der Waals surface area contributed by atoms with Crippen molar-refractivity contribution in [3.05, 3.63) is 58.3 Å². The fourth-order valence-corrected chi connectivity index (χ4v) is 2.34. The minimum absolute atomic E-state index is 0.0400. The summed E-state index contributed by atoms with van der Waals surface area (Å²) < 4.78 is 13.6. The van der Waals surface area contributed by atoms with Crippen LogP contribution in [-0.2, 0) is 9.59 Å². The quantitative estimate of drug-likeness (QED) is 0.897. The lowest BCUT2D eigenvalue weighted by molar-refractivity contribution is -0.120. The van der Waals surface area contributed by atoms with Crippen LogP contribution in [0.3, 0.4) is 0 Å². The third-order valence-electron chi connectivity index (χ3n) is 3.03. The predicted octanol–water partition coefficient (Wildman–Crippen LogP) is 4.12. The number of nitrogens with one attached hydrogen (secondary N) is 1. The topological polar surface area (TPSA) is 49.4 Å². The van der Waals surface area contributed by atoms with E-state index >= 15 is 0 Å². The predicted molar refractivity (Wildman–Crippen MR) is 89.5 cm³/mol. The minimum Gasteiger partial charge on any atom is -0.322 e. The van der Waals surface area contributed by atoms with Crippen molar-refractivity contribution in [2.75, 3.05) is 16.8 Å². The summed E-state index contributed by atoms with van der Waals surface area (Å²) in [6.45, 7) is 0.983. The molecule has 0 aromatic heterocycles. The zero-order valence-electron chi connectivity index (χ0n) is 12.1. The Balaban J connectivity index is 2.20. The molecule has 1 N–H and O–H groups in total. The number of rotatable bonds is 4. The zero-order chi connectivity index (χ0) is 17.0. The summed E-state index contributed by atoms with van der Waals surface area (Å²) in [5.74, 6) is -1.50. The van der Waals surface area contributed by atoms with E-state index in [1.54, 1.807) is 12.1 Å². The van der Waals surface area contributed by atoms with Crippen LogP contribution in [0.4, 0.5) is 15.8 Å². The number of nitrogens with zero attached hydrogens (tertiary/aromatic N) is 1. The Labute approximate surface area is 142 Å². The van der Waals surface area contributed by atoms with Gasteiger partial charge in [0.05, 0.1) is 16.4 Å². The second-order valence-corrected chi connectivity index (χ2v) is 5.57. The molecule has 0 bridgehead atoms. The van der Waals surface area contributed by atoms with E-state index in [0.717, 1.165) is 0 Å². The van der Waals surface area contributed by atoms with Crippen molar-refractivity contribution < 1.29 is 14.0 Å². The second kappa shape index (κ2) is 7.44. The third-order valence-corrected chi connectivity index (χ3v) is 3.58. The first-order valence-electron chi connectivity index (χ1n) is 6.66. The number of amides is 2. The zero-order valence-corrected chi connectivity index (χ0v) is 13.7. The van der Waals surface area contributed by atoms with Crippen molar-refractivity contribution in [2.24, 2.45) is 0 Å². The number of anilines is 2. The number of para-hydroxylation sites is 1. The molecule has 0 heterocycles. The lowest BCUT2D eigenvalue weighted by Crippen LogP contribution is -2.37. The molecule has 0 radical (unpaired) electrons. The Morgan fingerprint density at radius 1 is 1.17 bits per heavy atom. The first-order valence-corrected chi connectivity index (χ1v) is 7.41. The second-order valence-electron chi connectivity index (χ2n) is 4.73. The van der Waals surface area contributed by atoms with E-state index in [1.165, 1.54) is 42.2 Å². The van der Waals surface area contributed by atoms with Gasteiger partial charge in [-0.15, -0.1) is 0 Å². The van der Waals surface area contributed by atoms with E-state index < -0.39 is 17.6 Å². The van der Waals surface area contributed by atoms with E-state index in [4.69, 9.17) is 23.2 Å². The van der Waals surface area contributed by atoms with Gasteiger partial charge in [-0.25, -0.2) is 4.39 Å². The number of carbonyl (C=O) groups is 2. The molecule has 0 atom stereocenters. The van der Waals surface area contributed by atoms with E-state index in [1.807, 2.05) is 0 Å². The summed E-state index contributed by atoms with van der Waals surface area (Å²) in [6.07, 6.45) is 0. The highest BCUT2D eigenvalue weighted by Gasteiger charge is 2.19. The molecule has 0 aliphatic carbocycles. The third kappa shape index (κ3) is 4.43. The fourth-order valence-electron chi connectivity index (χ4n) is 1.95. The number of hydrogen-bond acceptors (Lipinski definition) is 2. The summed E-state index contributed by atoms with van der Waals surface area (Å²) in [5.41, 5.74) is 0.355. The number of halogens is 3. The lowest BCUT2D eigenvalue weighted by Gasteiger charge is -2.22. The average molecular weight is 355 g/mol. The largest absolute Gasteiger partial charge is 0.322 e. The van der Waals surface area contributed by atoms with Gasteiger partial charge in [0.25, 0.3) is 0 Å². The summed E-state index contributed by atoms with van der Waals surface area (Å²) in [6, 6.07) is 10.4. The maximum absolute atomic E-state index is 13.6. The Morgan fingerprint density at radius 3 is 2.52 bits per heavy atom. The van der Waals surface area contributed by atoms with E-state index in [2.05, 4.69) is 5.32 Å². The molecule has 0 fully saturated rings. The highest BCUT2D eigenvalue weighted by Crippen LogP contribution is 2.29. The van der Waals surface area contributed by atoms with Crippen LogP contribution in [0.25, 0.3) is 0 Å². The summed E-state index contributed by atoms with van der Waals surface area (Å²) in [4.78, 5) is 25.1. The smallest absolute Gasteiger partial charge is 0.244 e. The minimum atomic E-state index is -0.559. The Kier molecular flexibility index (Phi) is 5.58. The van der Waals surface area contributed by atoms with Gasteiger partial charge in [-0.1, -0.05) is 35.3 Å². The van der Waals surface area contributed by atoms with Crippen molar-refractivity contribution >= 4 is 46.4 Å². The monoisotopic (exact) mass is 354 g/mol. The normalized spacial score (nSPS) is 10.3. The Hall–Kier alpha value is -2.11. The van der Waals surface area contributed by atoms with Crippen LogP contribution >= 0.6 is 23.2 Å². The molecule has 0 aliphatic heterocycles. The van der Waals surface area contributed by atoms with Crippen molar-refractivity contribution in [2.45, 2.75) is 6.92 Å². The van der Waals surface area contributed by atoms with Crippen LogP contribution in [0, 0.1) is 5.82 Å². The van der Waals surface area contributed by atoms with E-state index in [9.17, 15) is 14.0 Å². The highest BCUT2D eigenvalue weighted by molar-refractivity contribution is 6.35. The summed E-state index contributed by atoms with van der Waals surface area (Å²) in [7, 11) is 0. The average Bonchev–Trinajstić information content (AvgIpc) is 2.49. The van der Waals surface area contributed by atoms with Crippen molar-refractivity contribution in [3.8, 4) is 0 Å². The van der Waals surface area contributed by atoms with Crippen LogP contribution in [0.5, 0.6) is 0 Å². The molecule has 0 aliphatic rings. The Bertz CT molecular complexity index is 753. The molecule has 0 saturated heterocycles. The van der Waals surface area contributed by atoms with Crippen molar-refractivity contribution in [3.63, 3.8) is 0 Å². The molecular weight excluding hydrogens is 342 g/mol. The van der Waals surface area contributed by atoms with E-state index in [0.29, 0.717) is 10.7 Å². The lowest BCUT2D eigenvalue weighted by atomic mass is 10.2. The SMILES string of the molecule is CC(=O)N(CC(=O)Nc1ccccc1F)c1cc(Cl)ccc1Cl. The van der Waals surface area contributed by atoms with Gasteiger partial charge in [-0.05, 0) is 30.3 Å². The molecular formula is C16H13Cl2FN2O2. The van der Waals surface area contributed by atoms with Gasteiger partial charge in [0.2, 0.25) is 11.8 Å². The molecule has 2 aromatic rings. The Morgan fingerprint density at radius 2 is 1.87 bits per heavy atom. The van der Waals surface area contributed by atoms with Gasteiger partial charge in [-0.2, -0.15) is 0 Å². The molecule has 7 heteroatoms. The fraction of sp³-hybridized carbons (Fsp3) is 0.125. The van der Waals surface area contributed by atoms with Crippen LogP contribution < -0.4 is 10.2 Å². The molecule has 120 valence electrons. The number of hydrogen-bond donors (Lipinski definition) is 1. The first kappa shape index (κ1) is 17.2. The standard InChI is InChI=1S/C16H13Cl2FN2O2/c1-10(22)21(15-8-11(17)6-7-12(15)18)9-16(23)20-14-5-3-2-4-13(14)19/h2-8H,9H2,1H3,(H,20,23). The van der Waals surface area contributed by atoms with Gasteiger partial charge in [0.1, 0.15) is 12.4 Å². The van der Waals surface area contributed by atoms with Gasteiger partial charge < -0.3 is 10.2 Å². The molecule has 0 unspecified atom stereocenters. The molecule has 2 aromatic carbocycles. The molecule has 2 amide bonds. The van der Waals surface area contributed by atoms with Gasteiger partial charge >= 0.3 is 0 Å². The summed E-state index contributed by atoms with van der Waals surface area (Å²) >= 11 is 12.0. The molecule has 4 nitrogen and oxygen atoms in total. The highest BCUT2D eigenvalue weighted by atomic mass is 35.5. The van der Waals surface area contributed by atoms with Gasteiger partial charge in [0, 0.05) is 11.9 Å². The number of carbonyl (C=O) groups excluding carboxylic acids is 2. The van der Waals surface area contributed by atoms with E-state index in [-0.39, 0.29) is 17.3 Å². The van der Waals surface area contributed by atoms with Crippen molar-refractivity contribution in [1.29, 1.82) is 0 Å². The van der Waals surface area contributed by atoms with Gasteiger partial charge in [0.15, 0.2) is 0 Å². The van der Waals surface area contributed by atoms with Crippen LogP contribution in [-0.4, -0.2) is 18.4 Å². The van der Waals surface area contributed by atoms with Crippen LogP contribution in [0.1, 0.15) is 6.92 Å². The summed E-state index contributed by atoms with van der Waals surface area (Å²) in [5, 5.41) is 3.08. The molecule has 0 saturated carbocycles. The maximum Gasteiger partial charge on any atom is 0.244 e. The molecule has 23 heavy (non-hydrogen) atoms. The van der Waals surface area contributed by atoms with Crippen LogP contribution in [0.2, 0.25) is 10.0 Å². The van der Waals surface area contributed by atoms with Crippen LogP contribution in [0.15, 0.2) is 42.5 Å². The van der Waals surface area contributed by atoms with Gasteiger partial charge in [-0.3, -0.25) is 9.59 Å². The number of benzene rings is 2.